The minimum Gasteiger partial charge on any atom is -0.478 e. The summed E-state index contributed by atoms with van der Waals surface area (Å²) in [5, 5.41) is 9.00. The van der Waals surface area contributed by atoms with Crippen molar-refractivity contribution in [3.05, 3.63) is 34.7 Å². The van der Waals surface area contributed by atoms with Gasteiger partial charge in [-0.15, -0.1) is 11.3 Å². The number of carboxylic acids is 1. The molecule has 0 aliphatic carbocycles. The van der Waals surface area contributed by atoms with Gasteiger partial charge in [0, 0.05) is 4.70 Å². The largest absolute Gasteiger partial charge is 0.478 e. The molecule has 0 fully saturated rings. The third-order valence-electron chi connectivity index (χ3n) is 2.04. The van der Waals surface area contributed by atoms with Gasteiger partial charge in [0.1, 0.15) is 4.88 Å². The van der Waals surface area contributed by atoms with E-state index in [1.807, 2.05) is 0 Å². The van der Waals surface area contributed by atoms with Crippen LogP contribution in [0, 0.1) is 0 Å². The van der Waals surface area contributed by atoms with Gasteiger partial charge in [-0.25, -0.2) is 4.79 Å². The van der Waals surface area contributed by atoms with Crippen molar-refractivity contribution in [1.82, 2.24) is 0 Å². The first kappa shape index (κ1) is 10.9. The van der Waals surface area contributed by atoms with Gasteiger partial charge in [0.25, 0.3) is 0 Å². The molecular weight excluding hydrogens is 241 g/mol. The number of halogens is 3. The van der Waals surface area contributed by atoms with Gasteiger partial charge in [-0.05, 0) is 29.7 Å². The summed E-state index contributed by atoms with van der Waals surface area (Å²) in [7, 11) is 0. The van der Waals surface area contributed by atoms with E-state index in [1.54, 1.807) is 0 Å². The van der Waals surface area contributed by atoms with Crippen LogP contribution >= 0.6 is 11.3 Å². The normalized spacial score (nSPS) is 11.9. The quantitative estimate of drug-likeness (QED) is 0.834. The molecule has 6 heteroatoms. The van der Waals surface area contributed by atoms with E-state index in [0.29, 0.717) is 21.4 Å². The molecule has 0 aliphatic heterocycles. The lowest BCUT2D eigenvalue weighted by Crippen LogP contribution is -2.00. The maximum absolute atomic E-state index is 12.4. The van der Waals surface area contributed by atoms with Crippen molar-refractivity contribution in [1.29, 1.82) is 0 Å². The van der Waals surface area contributed by atoms with E-state index in [2.05, 4.69) is 0 Å². The second-order valence-electron chi connectivity index (χ2n) is 3.17. The lowest BCUT2D eigenvalue weighted by molar-refractivity contribution is -0.134. The Labute approximate surface area is 91.9 Å². The molecule has 2 rings (SSSR count). The average Bonchev–Trinajstić information content (AvgIpc) is 2.58. The molecule has 1 aromatic carbocycles. The lowest BCUT2D eigenvalue weighted by Gasteiger charge is -1.99. The van der Waals surface area contributed by atoms with Gasteiger partial charge < -0.3 is 5.11 Å². The second kappa shape index (κ2) is 3.48. The molecular formula is C10H5F3O2S. The number of hydrogen-bond donors (Lipinski definition) is 1. The number of hydrogen-bond acceptors (Lipinski definition) is 2. The Balaban J connectivity index is 2.59. The van der Waals surface area contributed by atoms with Crippen LogP contribution in [0.15, 0.2) is 24.3 Å². The van der Waals surface area contributed by atoms with Crippen molar-refractivity contribution < 1.29 is 23.1 Å². The number of alkyl halides is 3. The molecule has 0 spiro atoms. The van der Waals surface area contributed by atoms with Crippen LogP contribution < -0.4 is 0 Å². The van der Waals surface area contributed by atoms with Crippen LogP contribution in [0.1, 0.15) is 15.2 Å². The van der Waals surface area contributed by atoms with Crippen LogP contribution in [-0.4, -0.2) is 11.1 Å². The standard InChI is InChI=1S/C10H5F3O2S/c11-10(12,13)8-4-6-3-5(9(14)15)1-2-7(6)16-8/h1-4H,(H,14,15). The topological polar surface area (TPSA) is 37.3 Å². The molecule has 1 N–H and O–H groups in total. The second-order valence-corrected chi connectivity index (χ2v) is 4.25. The highest BCUT2D eigenvalue weighted by atomic mass is 32.1. The van der Waals surface area contributed by atoms with E-state index >= 15 is 0 Å². The van der Waals surface area contributed by atoms with Crippen LogP contribution in [0.5, 0.6) is 0 Å². The summed E-state index contributed by atoms with van der Waals surface area (Å²) in [6.45, 7) is 0. The van der Waals surface area contributed by atoms with E-state index in [1.165, 1.54) is 18.2 Å². The van der Waals surface area contributed by atoms with Crippen LogP contribution in [0.3, 0.4) is 0 Å². The summed E-state index contributed by atoms with van der Waals surface area (Å²) < 4.78 is 37.6. The van der Waals surface area contributed by atoms with Crippen LogP contribution in [0.25, 0.3) is 10.1 Å². The molecule has 84 valence electrons. The smallest absolute Gasteiger partial charge is 0.425 e. The Hall–Kier alpha value is -1.56. The highest BCUT2D eigenvalue weighted by Crippen LogP contribution is 2.38. The monoisotopic (exact) mass is 246 g/mol. The zero-order valence-corrected chi connectivity index (χ0v) is 8.52. The van der Waals surface area contributed by atoms with Gasteiger partial charge in [-0.2, -0.15) is 13.2 Å². The lowest BCUT2D eigenvalue weighted by atomic mass is 10.1. The predicted octanol–water partition coefficient (Wildman–Crippen LogP) is 3.62. The molecule has 2 aromatic rings. The zero-order valence-electron chi connectivity index (χ0n) is 7.71. The Morgan fingerprint density at radius 2 is 1.94 bits per heavy atom. The molecule has 0 atom stereocenters. The predicted molar refractivity (Wildman–Crippen MR) is 53.8 cm³/mol. The Morgan fingerprint density at radius 1 is 1.25 bits per heavy atom. The summed E-state index contributed by atoms with van der Waals surface area (Å²) in [5.41, 5.74) is -0.0148. The van der Waals surface area contributed by atoms with Gasteiger partial charge >= 0.3 is 12.1 Å². The van der Waals surface area contributed by atoms with E-state index in [9.17, 15) is 18.0 Å². The number of carboxylic acid groups (broad SMARTS) is 1. The highest BCUT2D eigenvalue weighted by Gasteiger charge is 2.32. The molecule has 0 aliphatic rings. The number of thiophene rings is 1. The molecule has 0 saturated heterocycles. The van der Waals surface area contributed by atoms with Crippen LogP contribution in [-0.2, 0) is 6.18 Å². The summed E-state index contributed by atoms with van der Waals surface area (Å²) in [5.74, 6) is -1.15. The number of benzene rings is 1. The molecule has 0 bridgehead atoms. The molecule has 0 unspecified atom stereocenters. The third-order valence-corrected chi connectivity index (χ3v) is 3.20. The fourth-order valence-corrected chi connectivity index (χ4v) is 2.23. The highest BCUT2D eigenvalue weighted by molar-refractivity contribution is 7.19. The van der Waals surface area contributed by atoms with E-state index < -0.39 is 17.0 Å². The molecule has 1 aromatic heterocycles. The van der Waals surface area contributed by atoms with Crippen molar-refractivity contribution in [2.45, 2.75) is 6.18 Å². The first-order valence-corrected chi connectivity index (χ1v) is 5.03. The molecule has 1 heterocycles. The average molecular weight is 246 g/mol. The number of aromatic carboxylic acids is 1. The maximum Gasteiger partial charge on any atom is 0.425 e. The van der Waals surface area contributed by atoms with Gasteiger partial charge in [-0.3, -0.25) is 0 Å². The fraction of sp³-hybridized carbons (Fsp3) is 0.100. The molecule has 0 saturated carbocycles. The molecule has 0 radical (unpaired) electrons. The Morgan fingerprint density at radius 3 is 2.50 bits per heavy atom. The molecule has 0 amide bonds. The molecule has 2 nitrogen and oxygen atoms in total. The van der Waals surface area contributed by atoms with E-state index in [4.69, 9.17) is 5.11 Å². The van der Waals surface area contributed by atoms with Gasteiger partial charge in [-0.1, -0.05) is 0 Å². The van der Waals surface area contributed by atoms with E-state index in [-0.39, 0.29) is 5.56 Å². The summed E-state index contributed by atoms with van der Waals surface area (Å²) >= 11 is 0.607. The van der Waals surface area contributed by atoms with Crippen molar-refractivity contribution in [3.8, 4) is 0 Å². The number of fused-ring (bicyclic) bond motifs is 1. The Bertz CT molecular complexity index is 557. The third kappa shape index (κ3) is 1.88. The Kier molecular flexibility index (Phi) is 2.38. The summed E-state index contributed by atoms with van der Waals surface area (Å²) in [6, 6.07) is 4.88. The minimum absolute atomic E-state index is 0.0148. The first-order valence-electron chi connectivity index (χ1n) is 4.22. The van der Waals surface area contributed by atoms with Gasteiger partial charge in [0.2, 0.25) is 0 Å². The number of carbonyl (C=O) groups is 1. The van der Waals surface area contributed by atoms with Crippen molar-refractivity contribution in [2.75, 3.05) is 0 Å². The van der Waals surface area contributed by atoms with Crippen LogP contribution in [0.4, 0.5) is 13.2 Å². The molecule has 16 heavy (non-hydrogen) atoms. The first-order chi connectivity index (χ1) is 7.38. The van der Waals surface area contributed by atoms with Gasteiger partial charge in [0.15, 0.2) is 0 Å². The van der Waals surface area contributed by atoms with Crippen molar-refractivity contribution >= 4 is 27.4 Å². The van der Waals surface area contributed by atoms with Gasteiger partial charge in [0.05, 0.1) is 5.56 Å². The van der Waals surface area contributed by atoms with Crippen LogP contribution in [0.2, 0.25) is 0 Å². The van der Waals surface area contributed by atoms with E-state index in [0.717, 1.165) is 6.07 Å². The summed E-state index contributed by atoms with van der Waals surface area (Å²) in [6.07, 6.45) is -4.38. The minimum atomic E-state index is -4.38. The zero-order chi connectivity index (χ0) is 11.9. The maximum atomic E-state index is 12.4. The SMILES string of the molecule is O=C(O)c1ccc2sc(C(F)(F)F)cc2c1. The summed E-state index contributed by atoms with van der Waals surface area (Å²) in [4.78, 5) is 9.91. The fourth-order valence-electron chi connectivity index (χ4n) is 1.32. The van der Waals surface area contributed by atoms with Crippen molar-refractivity contribution in [3.63, 3.8) is 0 Å². The van der Waals surface area contributed by atoms with Crippen molar-refractivity contribution in [2.24, 2.45) is 0 Å². The number of rotatable bonds is 1.